The number of thiazole rings is 1. The minimum atomic E-state index is -1.00. The lowest BCUT2D eigenvalue weighted by atomic mass is 9.95. The summed E-state index contributed by atoms with van der Waals surface area (Å²) >= 11 is 1.04. The molecule has 1 amide bonds. The van der Waals surface area contributed by atoms with Crippen LogP contribution < -0.4 is 19.1 Å². The van der Waals surface area contributed by atoms with E-state index < -0.39 is 17.7 Å². The Labute approximate surface area is 236 Å². The Kier molecular flexibility index (Phi) is 7.88. The van der Waals surface area contributed by atoms with Crippen molar-refractivity contribution in [2.24, 2.45) is 0 Å². The molecule has 1 saturated heterocycles. The van der Waals surface area contributed by atoms with Gasteiger partial charge in [0.2, 0.25) is 0 Å². The molecule has 208 valence electrons. The van der Waals surface area contributed by atoms with Gasteiger partial charge >= 0.3 is 5.91 Å². The maximum absolute atomic E-state index is 13.5. The van der Waals surface area contributed by atoms with E-state index in [9.17, 15) is 19.5 Å². The number of fused-ring (bicyclic) bond motifs is 1. The first-order valence-corrected chi connectivity index (χ1v) is 14.0. The summed E-state index contributed by atoms with van der Waals surface area (Å²) in [6.45, 7) is 6.52. The van der Waals surface area contributed by atoms with Crippen LogP contribution >= 0.6 is 11.3 Å². The maximum atomic E-state index is 13.5. The normalized spacial score (nSPS) is 17.8. The van der Waals surface area contributed by atoms with Gasteiger partial charge in [0.1, 0.15) is 24.7 Å². The molecule has 0 saturated carbocycles. The van der Waals surface area contributed by atoms with Gasteiger partial charge in [-0.2, -0.15) is 0 Å². The predicted octanol–water partition coefficient (Wildman–Crippen LogP) is 5.62. The summed E-state index contributed by atoms with van der Waals surface area (Å²) in [6.07, 6.45) is 3.00. The van der Waals surface area contributed by atoms with E-state index in [0.717, 1.165) is 30.6 Å². The van der Waals surface area contributed by atoms with E-state index in [0.29, 0.717) is 58.8 Å². The third-order valence-electron chi connectivity index (χ3n) is 6.76. The second kappa shape index (κ2) is 11.5. The molecule has 0 bridgehead atoms. The van der Waals surface area contributed by atoms with Gasteiger partial charge in [-0.05, 0) is 49.2 Å². The van der Waals surface area contributed by atoms with Crippen LogP contribution in [0.25, 0.3) is 5.76 Å². The average molecular weight is 563 g/mol. The van der Waals surface area contributed by atoms with Crippen molar-refractivity contribution in [3.63, 3.8) is 0 Å². The highest BCUT2D eigenvalue weighted by Gasteiger charge is 2.48. The molecule has 1 unspecified atom stereocenters. The molecule has 1 fully saturated rings. The molecule has 2 aromatic carbocycles. The van der Waals surface area contributed by atoms with Gasteiger partial charge in [0.05, 0.1) is 28.8 Å². The lowest BCUT2D eigenvalue weighted by Crippen LogP contribution is -2.29. The molecule has 1 aromatic heterocycles. The minimum absolute atomic E-state index is 0.0953. The molecule has 9 nitrogen and oxygen atoms in total. The summed E-state index contributed by atoms with van der Waals surface area (Å²) in [5, 5.41) is 11.7. The van der Waals surface area contributed by atoms with E-state index in [1.807, 2.05) is 6.07 Å². The summed E-state index contributed by atoms with van der Waals surface area (Å²) in [4.78, 5) is 45.4. The number of ketones is 2. The number of rotatable bonds is 9. The van der Waals surface area contributed by atoms with Gasteiger partial charge < -0.3 is 19.3 Å². The lowest BCUT2D eigenvalue weighted by Gasteiger charge is -2.24. The molecule has 2 aliphatic rings. The highest BCUT2D eigenvalue weighted by Crippen LogP contribution is 2.45. The molecule has 3 heterocycles. The number of nitrogens with zero attached hydrogens (tertiary/aromatic N) is 2. The zero-order valence-electron chi connectivity index (χ0n) is 22.6. The van der Waals surface area contributed by atoms with E-state index in [1.165, 1.54) is 11.8 Å². The van der Waals surface area contributed by atoms with Crippen molar-refractivity contribution < 1.29 is 33.7 Å². The highest BCUT2D eigenvalue weighted by atomic mass is 32.1. The number of Topliss-reactive ketones (excluding diaryl/α,β-unsaturated/α-hetero) is 2. The van der Waals surface area contributed by atoms with Crippen LogP contribution in [0.1, 0.15) is 65.6 Å². The largest absolute Gasteiger partial charge is 0.507 e. The molecule has 0 spiro atoms. The van der Waals surface area contributed by atoms with Crippen LogP contribution in [0.2, 0.25) is 0 Å². The van der Waals surface area contributed by atoms with Crippen LogP contribution in [0.3, 0.4) is 0 Å². The third-order valence-corrected chi connectivity index (χ3v) is 8.02. The molecule has 0 radical (unpaired) electrons. The molecule has 0 aliphatic carbocycles. The van der Waals surface area contributed by atoms with Crippen molar-refractivity contribution in [1.29, 1.82) is 0 Å². The molecule has 40 heavy (non-hydrogen) atoms. The fraction of sp³-hybridized carbons (Fsp3) is 0.333. The fourth-order valence-electron chi connectivity index (χ4n) is 4.82. The maximum Gasteiger partial charge on any atom is 0.301 e. The number of aryl methyl sites for hydroxylation is 1. The fourth-order valence-corrected chi connectivity index (χ4v) is 5.81. The lowest BCUT2D eigenvalue weighted by molar-refractivity contribution is -0.132. The standard InChI is InChI=1S/C30H30N2O7S/c1-4-5-6-12-37-21-9-7-8-19(15-21)25-24(26(34)20-10-11-22-23(16-20)39-14-13-38-22)27(35)29(36)32(25)30-31-17(2)28(40-30)18(3)33/h7-11,15-16,25,34H,4-6,12-14H2,1-3H3/b26-24+. The number of carbonyl (C=O) groups is 3. The SMILES string of the molecule is CCCCCOc1cccc(C2/C(=C(\O)c3ccc4c(c3)OCCO4)C(=O)C(=O)N2c2nc(C)c(C(C)=O)s2)c1. The van der Waals surface area contributed by atoms with E-state index in [4.69, 9.17) is 14.2 Å². The van der Waals surface area contributed by atoms with Gasteiger partial charge in [-0.25, -0.2) is 4.98 Å². The van der Waals surface area contributed by atoms with Gasteiger partial charge in [-0.3, -0.25) is 19.3 Å². The summed E-state index contributed by atoms with van der Waals surface area (Å²) in [5.41, 5.74) is 1.23. The van der Waals surface area contributed by atoms with Crippen molar-refractivity contribution in [2.45, 2.75) is 46.1 Å². The Balaban J connectivity index is 1.63. The molecular formula is C30H30N2O7S. The molecular weight excluding hydrogens is 532 g/mol. The first kappa shape index (κ1) is 27.4. The first-order chi connectivity index (χ1) is 19.3. The van der Waals surface area contributed by atoms with Crippen molar-refractivity contribution >= 4 is 39.7 Å². The van der Waals surface area contributed by atoms with Gasteiger partial charge in [0.25, 0.3) is 5.78 Å². The van der Waals surface area contributed by atoms with Crippen molar-refractivity contribution in [3.8, 4) is 17.2 Å². The molecule has 1 atom stereocenters. The monoisotopic (exact) mass is 562 g/mol. The number of hydrogen-bond donors (Lipinski definition) is 1. The smallest absolute Gasteiger partial charge is 0.301 e. The minimum Gasteiger partial charge on any atom is -0.507 e. The number of carbonyl (C=O) groups excluding carboxylic acids is 3. The molecule has 2 aliphatic heterocycles. The molecule has 3 aromatic rings. The average Bonchev–Trinajstić information content (AvgIpc) is 3.47. The number of hydrogen-bond acceptors (Lipinski definition) is 9. The van der Waals surface area contributed by atoms with Gasteiger partial charge in [-0.1, -0.05) is 43.2 Å². The van der Waals surface area contributed by atoms with E-state index in [1.54, 1.807) is 43.3 Å². The number of unbranched alkanes of at least 4 members (excludes halogenated alkanes) is 2. The van der Waals surface area contributed by atoms with Crippen molar-refractivity contribution in [3.05, 3.63) is 69.7 Å². The summed E-state index contributed by atoms with van der Waals surface area (Å²) in [7, 11) is 0. The molecule has 1 N–H and O–H groups in total. The van der Waals surface area contributed by atoms with Crippen LogP contribution in [0.15, 0.2) is 48.0 Å². The quantitative estimate of drug-likeness (QED) is 0.117. The van der Waals surface area contributed by atoms with Gasteiger partial charge in [-0.15, -0.1) is 0 Å². The highest BCUT2D eigenvalue weighted by molar-refractivity contribution is 7.18. The van der Waals surface area contributed by atoms with Gasteiger partial charge in [0.15, 0.2) is 22.4 Å². The number of amides is 1. The van der Waals surface area contributed by atoms with Crippen LogP contribution in [0.4, 0.5) is 5.13 Å². The summed E-state index contributed by atoms with van der Waals surface area (Å²) in [5.74, 6) is -0.692. The Morgan fingerprint density at radius 2 is 1.90 bits per heavy atom. The molecule has 10 heteroatoms. The van der Waals surface area contributed by atoms with E-state index in [2.05, 4.69) is 11.9 Å². The van der Waals surface area contributed by atoms with Gasteiger partial charge in [0, 0.05) is 12.5 Å². The van der Waals surface area contributed by atoms with E-state index >= 15 is 0 Å². The number of ether oxygens (including phenoxy) is 3. The van der Waals surface area contributed by atoms with Crippen LogP contribution in [0.5, 0.6) is 17.2 Å². The van der Waals surface area contributed by atoms with Crippen LogP contribution in [-0.4, -0.2) is 47.4 Å². The number of anilines is 1. The Bertz CT molecular complexity index is 1510. The second-order valence-corrected chi connectivity index (χ2v) is 10.6. The number of aliphatic hydroxyl groups excluding tert-OH is 1. The predicted molar refractivity (Wildman–Crippen MR) is 151 cm³/mol. The third kappa shape index (κ3) is 5.19. The topological polar surface area (TPSA) is 115 Å². The molecule has 5 rings (SSSR count). The number of aromatic nitrogens is 1. The number of aliphatic hydroxyl groups is 1. The number of benzene rings is 2. The van der Waals surface area contributed by atoms with E-state index in [-0.39, 0.29) is 22.2 Å². The van der Waals surface area contributed by atoms with Crippen molar-refractivity contribution in [2.75, 3.05) is 24.7 Å². The Morgan fingerprint density at radius 3 is 2.62 bits per heavy atom. The summed E-state index contributed by atoms with van der Waals surface area (Å²) in [6, 6.07) is 11.0. The zero-order valence-corrected chi connectivity index (χ0v) is 23.4. The van der Waals surface area contributed by atoms with Crippen LogP contribution in [0, 0.1) is 6.92 Å². The zero-order chi connectivity index (χ0) is 28.4. The van der Waals surface area contributed by atoms with Crippen LogP contribution in [-0.2, 0) is 9.59 Å². The second-order valence-electron chi connectivity index (χ2n) is 9.62. The Hall–Kier alpha value is -4.18. The first-order valence-electron chi connectivity index (χ1n) is 13.2. The summed E-state index contributed by atoms with van der Waals surface area (Å²) < 4.78 is 17.2. The Morgan fingerprint density at radius 1 is 1.12 bits per heavy atom. The van der Waals surface area contributed by atoms with Crippen molar-refractivity contribution in [1.82, 2.24) is 4.98 Å².